The Bertz CT molecular complexity index is 4690. The van der Waals surface area contributed by atoms with Crippen LogP contribution in [-0.4, -0.2) is 206 Å². The molecule has 3 saturated heterocycles. The number of aromatic amines is 2. The normalized spacial score (nSPS) is 14.4. The van der Waals surface area contributed by atoms with Crippen molar-refractivity contribution in [2.24, 2.45) is 0 Å². The van der Waals surface area contributed by atoms with Crippen LogP contribution < -0.4 is 21.5 Å². The molecular weight excluding hydrogens is 1400 g/mol. The average Bonchev–Trinajstić information content (AvgIpc) is 1.62. The number of likely N-dealkylation sites (N-methyl/N-ethyl adjacent to an activating group) is 3. The van der Waals surface area contributed by atoms with Crippen LogP contribution in [-0.2, 0) is 14.2 Å². The zero-order valence-electron chi connectivity index (χ0n) is 59.5. The number of carbonyl (C=O) groups excluding carboxylic acids is 3. The largest absolute Gasteiger partial charge is 0.513 e. The maximum absolute atomic E-state index is 12.8. The summed E-state index contributed by atoms with van der Waals surface area (Å²) in [7, 11) is 6.37. The van der Waals surface area contributed by atoms with E-state index in [1.165, 1.54) is 33.7 Å². The van der Waals surface area contributed by atoms with Gasteiger partial charge in [-0.1, -0.05) is 89.9 Å². The van der Waals surface area contributed by atoms with Gasteiger partial charge in [0.25, 0.3) is 5.69 Å². The van der Waals surface area contributed by atoms with Gasteiger partial charge in [-0.3, -0.25) is 15.4 Å². The molecule has 13 rings (SSSR count). The van der Waals surface area contributed by atoms with Crippen LogP contribution in [0.3, 0.4) is 0 Å². The number of piperazine rings is 3. The summed E-state index contributed by atoms with van der Waals surface area (Å²) in [5, 5.41) is 44.0. The minimum absolute atomic E-state index is 0.0575. The second-order valence-electron chi connectivity index (χ2n) is 25.4. The molecule has 0 bridgehead atoms. The van der Waals surface area contributed by atoms with E-state index in [1.807, 2.05) is 133 Å². The zero-order valence-corrected chi connectivity index (χ0v) is 61.9. The van der Waals surface area contributed by atoms with E-state index in [4.69, 9.17) is 35.7 Å². The van der Waals surface area contributed by atoms with E-state index in [9.17, 15) is 35.0 Å². The molecule has 25 nitrogen and oxygen atoms in total. The summed E-state index contributed by atoms with van der Waals surface area (Å²) in [5.41, 5.74) is 15.4. The molecule has 0 spiro atoms. The van der Waals surface area contributed by atoms with E-state index >= 15 is 0 Å². The molecule has 0 aliphatic carbocycles. The molecular formula is C78H86N16O9S3. The predicted molar refractivity (Wildman–Crippen MR) is 416 cm³/mol. The van der Waals surface area contributed by atoms with Crippen molar-refractivity contribution in [3.05, 3.63) is 197 Å². The Morgan fingerprint density at radius 2 is 0.915 bits per heavy atom. The average molecular weight is 1490 g/mol. The number of non-ortho nitro benzene ring substituents is 1. The lowest BCUT2D eigenvalue weighted by atomic mass is 10.2. The molecule has 10 aromatic rings. The second-order valence-corrected chi connectivity index (χ2v) is 28.8. The molecule has 6 heterocycles. The fourth-order valence-corrected chi connectivity index (χ4v) is 14.5. The SMILES string of the molecule is CN1CCN(CCCOC(=O)Nc2[nH]c3ccc(Sc4ccccc4)cc3c2C#N)CC1.CN1CCN(CCCOC(=O)Oc2ccc([N+](=O)[O-])cc2)CC1.CN1CCN(CCCOC(=O)n2c(N)c(C#N)c3cc(Sc4ccccc4)ccc32)CC1.N#Cc1c(N)[nH]c2ccc(Sc3ccccc3)cc12. The summed E-state index contributed by atoms with van der Waals surface area (Å²) >= 11 is 4.89. The lowest BCUT2D eigenvalue weighted by Crippen LogP contribution is -2.44. The van der Waals surface area contributed by atoms with Gasteiger partial charge in [-0.15, -0.1) is 0 Å². The molecule has 0 saturated carbocycles. The number of aromatic nitrogens is 3. The number of nitrogen functional groups attached to an aromatic ring is 2. The summed E-state index contributed by atoms with van der Waals surface area (Å²) in [5.74, 6) is 1.14. The van der Waals surface area contributed by atoms with Gasteiger partial charge in [0.1, 0.15) is 58.1 Å². The number of nitro groups is 1. The van der Waals surface area contributed by atoms with Crippen LogP contribution in [0.5, 0.6) is 5.75 Å². The summed E-state index contributed by atoms with van der Waals surface area (Å²) < 4.78 is 22.1. The lowest BCUT2D eigenvalue weighted by molar-refractivity contribution is -0.384. The number of ether oxygens (including phenoxy) is 4. The van der Waals surface area contributed by atoms with Gasteiger partial charge >= 0.3 is 18.3 Å². The van der Waals surface area contributed by atoms with Crippen molar-refractivity contribution in [3.63, 3.8) is 0 Å². The fourth-order valence-electron chi connectivity index (χ4n) is 11.9. The van der Waals surface area contributed by atoms with E-state index in [0.717, 1.165) is 164 Å². The van der Waals surface area contributed by atoms with Gasteiger partial charge in [-0.25, -0.2) is 19.0 Å². The summed E-state index contributed by atoms with van der Waals surface area (Å²) in [6.07, 6.45) is 0.407. The number of fused-ring (bicyclic) bond motifs is 3. The van der Waals surface area contributed by atoms with Gasteiger partial charge in [0.05, 0.1) is 30.3 Å². The first kappa shape index (κ1) is 78.0. The Labute approximate surface area is 629 Å². The number of benzene rings is 7. The standard InChI is InChI=1S/2C24H27N5O2S.C15H21N3O5.C15H11N3S/c1-27-11-13-28(14-12-27)10-5-15-31-24(30)29-22-9-8-19(32-18-6-3-2-4-7-18)16-20(22)21(17-25)23(29)26;1-28-11-13-29(14-12-28)10-5-15-31-24(30)27-23-21(17-25)20-16-19(8-9-22(20)26-23)32-18-6-3-2-4-7-18;1-16-8-10-17(11-9-16)7-2-12-22-15(19)23-14-5-3-13(4-6-14)18(20)21;16-9-13-12-8-11(6-7-14(12)18-15(13)17)19-10-4-2-1-3-5-10/h2-4,6-9,16H,5,10-15,26H2,1H3;2-4,6-9,16,26H,5,10-15H2,1H3,(H,27,30);3-6H,2,7-12H2,1H3;1-8,18H,17H2. The topological polar surface area (TPSA) is 323 Å². The fraction of sp³-hybridized carbons (Fsp3) is 0.308. The van der Waals surface area contributed by atoms with Crippen LogP contribution in [0, 0.1) is 44.1 Å². The van der Waals surface area contributed by atoms with Crippen LogP contribution in [0.15, 0.2) is 199 Å². The van der Waals surface area contributed by atoms with Crippen LogP contribution >= 0.6 is 35.3 Å². The summed E-state index contributed by atoms with van der Waals surface area (Å²) in [6.45, 7) is 16.3. The van der Waals surface area contributed by atoms with Gasteiger partial charge in [0.15, 0.2) is 0 Å². The third-order valence-corrected chi connectivity index (χ3v) is 20.8. The molecule has 0 atom stereocenters. The Morgan fingerprint density at radius 3 is 1.37 bits per heavy atom. The quantitative estimate of drug-likeness (QED) is 0.0111. The van der Waals surface area contributed by atoms with Crippen LogP contribution in [0.25, 0.3) is 32.7 Å². The van der Waals surface area contributed by atoms with Crippen molar-refractivity contribution in [2.45, 2.75) is 48.6 Å². The molecule has 7 aromatic carbocycles. The minimum atomic E-state index is -0.794. The number of carbonyl (C=O) groups is 3. The zero-order chi connectivity index (χ0) is 74.7. The number of amides is 1. The number of H-pyrrole nitrogens is 2. The molecule has 3 fully saturated rings. The van der Waals surface area contributed by atoms with E-state index in [2.05, 4.69) is 96.2 Å². The van der Waals surface area contributed by atoms with Crippen LogP contribution in [0.2, 0.25) is 0 Å². The highest BCUT2D eigenvalue weighted by atomic mass is 32.2. The number of hydrogen-bond acceptors (Lipinski definition) is 23. The second kappa shape index (κ2) is 39.5. The number of hydrogen-bond donors (Lipinski definition) is 5. The number of nitrogens with two attached hydrogens (primary N) is 2. The molecule has 550 valence electrons. The first-order valence-corrected chi connectivity index (χ1v) is 37.3. The van der Waals surface area contributed by atoms with Crippen LogP contribution in [0.1, 0.15) is 36.0 Å². The third-order valence-electron chi connectivity index (χ3n) is 17.8. The molecule has 106 heavy (non-hydrogen) atoms. The van der Waals surface area contributed by atoms with Crippen LogP contribution in [0.4, 0.5) is 37.5 Å². The van der Waals surface area contributed by atoms with Crippen molar-refractivity contribution < 1.29 is 38.3 Å². The Hall–Kier alpha value is -10.6. The lowest BCUT2D eigenvalue weighted by Gasteiger charge is -2.32. The van der Waals surface area contributed by atoms with Crippen molar-refractivity contribution in [1.82, 2.24) is 43.9 Å². The molecule has 3 aliphatic heterocycles. The van der Waals surface area contributed by atoms with Gasteiger partial charge in [0, 0.05) is 167 Å². The monoisotopic (exact) mass is 1490 g/mol. The van der Waals surface area contributed by atoms with Crippen molar-refractivity contribution in [2.75, 3.05) is 156 Å². The highest BCUT2D eigenvalue weighted by molar-refractivity contribution is 7.99. The number of anilines is 3. The third kappa shape index (κ3) is 22.7. The minimum Gasteiger partial charge on any atom is -0.449 e. The molecule has 1 amide bonds. The maximum Gasteiger partial charge on any atom is 0.513 e. The first-order chi connectivity index (χ1) is 51.5. The van der Waals surface area contributed by atoms with E-state index in [-0.39, 0.29) is 23.9 Å². The number of rotatable bonds is 21. The van der Waals surface area contributed by atoms with Crippen molar-refractivity contribution in [1.29, 1.82) is 15.8 Å². The van der Waals surface area contributed by atoms with E-state index < -0.39 is 23.3 Å². The molecule has 28 heteroatoms. The highest BCUT2D eigenvalue weighted by Crippen LogP contribution is 2.37. The molecule has 0 radical (unpaired) electrons. The Kier molecular flexibility index (Phi) is 29.1. The van der Waals surface area contributed by atoms with Gasteiger partial charge in [-0.2, -0.15) is 15.8 Å². The van der Waals surface area contributed by atoms with Crippen molar-refractivity contribution >= 4 is 109 Å². The number of nitrogens with one attached hydrogen (secondary N) is 3. The Balaban J connectivity index is 0.000000154. The maximum atomic E-state index is 12.8. The smallest absolute Gasteiger partial charge is 0.449 e. The predicted octanol–water partition coefficient (Wildman–Crippen LogP) is 13.8. The Morgan fingerprint density at radius 1 is 0.500 bits per heavy atom. The van der Waals surface area contributed by atoms with E-state index in [0.29, 0.717) is 52.4 Å². The van der Waals surface area contributed by atoms with Gasteiger partial charge in [-0.05, 0) is 144 Å². The molecule has 0 unspecified atom stereocenters. The number of nitro benzene ring substituents is 1. The number of nitrogens with zero attached hydrogens (tertiary/aromatic N) is 11. The first-order valence-electron chi connectivity index (χ1n) is 34.8. The van der Waals surface area contributed by atoms with Gasteiger partial charge < -0.3 is 69.8 Å². The summed E-state index contributed by atoms with van der Waals surface area (Å²) in [4.78, 5) is 73.3. The van der Waals surface area contributed by atoms with E-state index in [1.54, 1.807) is 35.3 Å². The highest BCUT2D eigenvalue weighted by Gasteiger charge is 2.23. The summed E-state index contributed by atoms with van der Waals surface area (Å²) in [6, 6.07) is 59.5. The molecule has 3 aliphatic rings. The van der Waals surface area contributed by atoms with Gasteiger partial charge in [0.2, 0.25) is 0 Å². The number of nitriles is 3. The molecule has 7 N–H and O–H groups in total. The van der Waals surface area contributed by atoms with Crippen molar-refractivity contribution in [3.8, 4) is 24.0 Å². The molecule has 3 aromatic heterocycles.